The fourth-order valence-electron chi connectivity index (χ4n) is 4.00. The van der Waals surface area contributed by atoms with Crippen molar-refractivity contribution in [2.45, 2.75) is 45.9 Å². The van der Waals surface area contributed by atoms with E-state index >= 15 is 0 Å². The van der Waals surface area contributed by atoms with Crippen LogP contribution in [0.3, 0.4) is 0 Å². The molecule has 0 unspecified atom stereocenters. The van der Waals surface area contributed by atoms with Gasteiger partial charge in [-0.15, -0.1) is 0 Å². The maximum atomic E-state index is 13.2. The molecule has 0 atom stereocenters. The summed E-state index contributed by atoms with van der Waals surface area (Å²) in [6.07, 6.45) is 0.682. The van der Waals surface area contributed by atoms with Gasteiger partial charge in [-0.1, -0.05) is 0 Å². The first-order chi connectivity index (χ1) is 13.6. The first-order valence-electron chi connectivity index (χ1n) is 9.60. The van der Waals surface area contributed by atoms with Crippen LogP contribution in [0.5, 0.6) is 0 Å². The van der Waals surface area contributed by atoms with Gasteiger partial charge in [0.25, 0.3) is 15.9 Å². The summed E-state index contributed by atoms with van der Waals surface area (Å²) in [4.78, 5) is 14.2. The van der Waals surface area contributed by atoms with Crippen molar-refractivity contribution in [1.82, 2.24) is 0 Å². The number of rotatable bonds is 5. The number of ether oxygens (including phenoxy) is 1. The average Bonchev–Trinajstić information content (AvgIpc) is 3.08. The quantitative estimate of drug-likeness (QED) is 0.809. The van der Waals surface area contributed by atoms with E-state index in [1.807, 2.05) is 40.7 Å². The summed E-state index contributed by atoms with van der Waals surface area (Å²) < 4.78 is 34.1. The normalized spacial score (nSPS) is 13.5. The number of anilines is 2. The Hall–Kier alpha value is -2.38. The zero-order valence-corrected chi connectivity index (χ0v) is 18.7. The van der Waals surface area contributed by atoms with Crippen molar-refractivity contribution in [2.75, 3.05) is 29.9 Å². The number of amides is 1. The molecule has 0 bridgehead atoms. The molecule has 1 N–H and O–H groups in total. The first kappa shape index (κ1) is 21.3. The fourth-order valence-corrected chi connectivity index (χ4v) is 5.65. The molecule has 1 heterocycles. The number of methoxy groups -OCH3 is 1. The maximum absolute atomic E-state index is 13.2. The van der Waals surface area contributed by atoms with Gasteiger partial charge in [0.2, 0.25) is 0 Å². The van der Waals surface area contributed by atoms with E-state index in [0.29, 0.717) is 23.5 Å². The molecule has 6 nitrogen and oxygen atoms in total. The zero-order valence-electron chi connectivity index (χ0n) is 17.8. The van der Waals surface area contributed by atoms with Gasteiger partial charge in [0, 0.05) is 25.0 Å². The number of hydrogen-bond donors (Lipinski definition) is 1. The van der Waals surface area contributed by atoms with E-state index < -0.39 is 10.0 Å². The van der Waals surface area contributed by atoms with Crippen molar-refractivity contribution in [3.05, 3.63) is 51.6 Å². The highest BCUT2D eigenvalue weighted by Gasteiger charge is 2.27. The molecule has 0 saturated heterocycles. The molecular formula is C22H28N2O4S. The summed E-state index contributed by atoms with van der Waals surface area (Å²) in [6, 6.07) is 5.30. The molecule has 0 fully saturated rings. The van der Waals surface area contributed by atoms with Gasteiger partial charge in [0.05, 0.1) is 4.90 Å². The maximum Gasteiger partial charge on any atom is 0.262 e. The summed E-state index contributed by atoms with van der Waals surface area (Å²) in [6.45, 7) is 10.2. The van der Waals surface area contributed by atoms with Crippen LogP contribution in [0.25, 0.3) is 0 Å². The molecule has 0 radical (unpaired) electrons. The van der Waals surface area contributed by atoms with Crippen molar-refractivity contribution < 1.29 is 17.9 Å². The summed E-state index contributed by atoms with van der Waals surface area (Å²) in [5.41, 5.74) is 6.91. The molecule has 156 valence electrons. The molecule has 3 rings (SSSR count). The highest BCUT2D eigenvalue weighted by molar-refractivity contribution is 7.92. The SMILES string of the molecule is COCC(=O)N1CCc2cc(NS(=O)(=O)c3c(C)c(C)c(C)c(C)c3C)ccc21. The molecule has 7 heteroatoms. The minimum absolute atomic E-state index is 0.0263. The van der Waals surface area contributed by atoms with Crippen LogP contribution in [0.4, 0.5) is 11.4 Å². The Labute approximate surface area is 172 Å². The molecular weight excluding hydrogens is 388 g/mol. The second-order valence-corrected chi connectivity index (χ2v) is 9.25. The smallest absolute Gasteiger partial charge is 0.262 e. The largest absolute Gasteiger partial charge is 0.375 e. The monoisotopic (exact) mass is 416 g/mol. The number of nitrogens with one attached hydrogen (secondary N) is 1. The third-order valence-corrected chi connectivity index (χ3v) is 7.65. The molecule has 0 spiro atoms. The Morgan fingerprint density at radius 1 is 1.03 bits per heavy atom. The molecule has 0 aliphatic carbocycles. The Balaban J connectivity index is 1.95. The topological polar surface area (TPSA) is 75.7 Å². The lowest BCUT2D eigenvalue weighted by molar-refractivity contribution is -0.122. The number of carbonyl (C=O) groups excluding carboxylic acids is 1. The Kier molecular flexibility index (Phi) is 5.74. The summed E-state index contributed by atoms with van der Waals surface area (Å²) in [5, 5.41) is 0. The minimum atomic E-state index is -3.74. The fraction of sp³-hybridized carbons (Fsp3) is 0.409. The van der Waals surface area contributed by atoms with E-state index in [2.05, 4.69) is 4.72 Å². The molecule has 1 aliphatic heterocycles. The van der Waals surface area contributed by atoms with Crippen LogP contribution in [-0.2, 0) is 26.0 Å². The molecule has 2 aromatic rings. The molecule has 1 amide bonds. The third-order valence-electron chi connectivity index (χ3n) is 6.00. The first-order valence-corrected chi connectivity index (χ1v) is 11.1. The number of nitrogens with zero attached hydrogens (tertiary/aromatic N) is 1. The van der Waals surface area contributed by atoms with Gasteiger partial charge in [-0.05, 0) is 92.6 Å². The minimum Gasteiger partial charge on any atom is -0.375 e. The van der Waals surface area contributed by atoms with Crippen LogP contribution in [-0.4, -0.2) is 34.6 Å². The van der Waals surface area contributed by atoms with Crippen LogP contribution in [0.2, 0.25) is 0 Å². The van der Waals surface area contributed by atoms with E-state index in [4.69, 9.17) is 4.74 Å². The van der Waals surface area contributed by atoms with Gasteiger partial charge in [-0.3, -0.25) is 9.52 Å². The van der Waals surface area contributed by atoms with Crippen molar-refractivity contribution >= 4 is 27.3 Å². The lowest BCUT2D eigenvalue weighted by atomic mass is 9.95. The van der Waals surface area contributed by atoms with E-state index in [1.54, 1.807) is 17.0 Å². The number of benzene rings is 2. The molecule has 0 aromatic heterocycles. The predicted molar refractivity (Wildman–Crippen MR) is 115 cm³/mol. The Morgan fingerprint density at radius 3 is 2.21 bits per heavy atom. The van der Waals surface area contributed by atoms with Gasteiger partial charge in [-0.25, -0.2) is 8.42 Å². The summed E-state index contributed by atoms with van der Waals surface area (Å²) >= 11 is 0. The Bertz CT molecular complexity index is 1060. The molecule has 0 saturated carbocycles. The van der Waals surface area contributed by atoms with Crippen molar-refractivity contribution in [3.8, 4) is 0 Å². The zero-order chi connectivity index (χ0) is 21.5. The van der Waals surface area contributed by atoms with Crippen LogP contribution in [0.15, 0.2) is 23.1 Å². The van der Waals surface area contributed by atoms with E-state index in [9.17, 15) is 13.2 Å². The van der Waals surface area contributed by atoms with Crippen molar-refractivity contribution in [3.63, 3.8) is 0 Å². The van der Waals surface area contributed by atoms with E-state index in [-0.39, 0.29) is 12.5 Å². The van der Waals surface area contributed by atoms with Gasteiger partial charge < -0.3 is 9.64 Å². The van der Waals surface area contributed by atoms with E-state index in [0.717, 1.165) is 39.1 Å². The highest BCUT2D eigenvalue weighted by atomic mass is 32.2. The number of fused-ring (bicyclic) bond motifs is 1. The van der Waals surface area contributed by atoms with Gasteiger partial charge >= 0.3 is 0 Å². The van der Waals surface area contributed by atoms with Crippen LogP contribution in [0.1, 0.15) is 33.4 Å². The third kappa shape index (κ3) is 3.76. The van der Waals surface area contributed by atoms with Crippen LogP contribution in [0, 0.1) is 34.6 Å². The van der Waals surface area contributed by atoms with Gasteiger partial charge in [0.15, 0.2) is 0 Å². The number of sulfonamides is 1. The van der Waals surface area contributed by atoms with Gasteiger partial charge in [-0.2, -0.15) is 0 Å². The summed E-state index contributed by atoms with van der Waals surface area (Å²) in [7, 11) is -2.25. The Morgan fingerprint density at radius 2 is 1.62 bits per heavy atom. The second-order valence-electron chi connectivity index (χ2n) is 7.63. The number of carbonyl (C=O) groups is 1. The number of hydrogen-bond acceptors (Lipinski definition) is 4. The van der Waals surface area contributed by atoms with Crippen molar-refractivity contribution in [1.29, 1.82) is 0 Å². The van der Waals surface area contributed by atoms with E-state index in [1.165, 1.54) is 7.11 Å². The van der Waals surface area contributed by atoms with Crippen molar-refractivity contribution in [2.24, 2.45) is 0 Å². The predicted octanol–water partition coefficient (Wildman–Crippen LogP) is 3.57. The standard InChI is InChI=1S/C22H28N2O4S/c1-13-14(2)16(4)22(17(5)15(13)3)29(26,27)23-19-7-8-20-18(11-19)9-10-24(20)21(25)12-28-6/h7-8,11,23H,9-10,12H2,1-6H3. The summed E-state index contributed by atoms with van der Waals surface area (Å²) in [5.74, 6) is -0.101. The average molecular weight is 417 g/mol. The lowest BCUT2D eigenvalue weighted by Gasteiger charge is -2.20. The van der Waals surface area contributed by atoms with Gasteiger partial charge in [0.1, 0.15) is 6.61 Å². The van der Waals surface area contributed by atoms with Crippen LogP contribution >= 0.6 is 0 Å². The lowest BCUT2D eigenvalue weighted by Crippen LogP contribution is -2.31. The molecule has 2 aromatic carbocycles. The second kappa shape index (κ2) is 7.80. The highest BCUT2D eigenvalue weighted by Crippen LogP contribution is 2.33. The van der Waals surface area contributed by atoms with Crippen LogP contribution < -0.4 is 9.62 Å². The molecule has 1 aliphatic rings. The molecule has 29 heavy (non-hydrogen) atoms.